The summed E-state index contributed by atoms with van der Waals surface area (Å²) in [4.78, 5) is 29.2. The molecule has 1 unspecified atom stereocenters. The van der Waals surface area contributed by atoms with Crippen molar-refractivity contribution < 1.29 is 9.59 Å². The lowest BCUT2D eigenvalue weighted by Gasteiger charge is -2.32. The standard InChI is InChI=1S/C30H30Cl4N2O2S/c31-24-12-10-21(14-26(24)33)17-36(29(37)19-39-18-22-11-13-25(32)27(34)15-22)28(16-20-6-2-1-3-7-20)30(38)35-23-8-4-5-9-23/h1-3,6-7,10-15,23,28H,4-5,8-9,16-19H2,(H,35,38). The van der Waals surface area contributed by atoms with E-state index in [4.69, 9.17) is 46.4 Å². The first-order valence-corrected chi connectivity index (χ1v) is 15.6. The van der Waals surface area contributed by atoms with Crippen molar-refractivity contribution in [3.63, 3.8) is 0 Å². The summed E-state index contributed by atoms with van der Waals surface area (Å²) in [6.07, 6.45) is 4.54. The predicted molar refractivity (Wildman–Crippen MR) is 164 cm³/mol. The molecule has 1 atom stereocenters. The predicted octanol–water partition coefficient (Wildman–Crippen LogP) is 8.23. The molecule has 0 radical (unpaired) electrons. The molecule has 0 spiro atoms. The van der Waals surface area contributed by atoms with Crippen LogP contribution in [-0.4, -0.2) is 34.6 Å². The van der Waals surface area contributed by atoms with E-state index in [2.05, 4.69) is 5.32 Å². The zero-order valence-electron chi connectivity index (χ0n) is 21.3. The van der Waals surface area contributed by atoms with Gasteiger partial charge < -0.3 is 10.2 Å². The number of halogens is 4. The number of nitrogens with zero attached hydrogens (tertiary/aromatic N) is 1. The molecule has 1 N–H and O–H groups in total. The number of rotatable bonds is 11. The van der Waals surface area contributed by atoms with E-state index in [0.29, 0.717) is 32.3 Å². The minimum Gasteiger partial charge on any atom is -0.352 e. The maximum absolute atomic E-state index is 13.8. The van der Waals surface area contributed by atoms with Crippen LogP contribution in [0.5, 0.6) is 0 Å². The van der Waals surface area contributed by atoms with Crippen molar-refractivity contribution in [3.8, 4) is 0 Å². The first kappa shape index (κ1) is 30.1. The highest BCUT2D eigenvalue weighted by Crippen LogP contribution is 2.27. The Hall–Kier alpha value is -1.89. The highest BCUT2D eigenvalue weighted by molar-refractivity contribution is 7.99. The van der Waals surface area contributed by atoms with Gasteiger partial charge in [-0.15, -0.1) is 11.8 Å². The van der Waals surface area contributed by atoms with Crippen molar-refractivity contribution in [1.82, 2.24) is 10.2 Å². The molecule has 4 rings (SSSR count). The minimum atomic E-state index is -0.680. The maximum atomic E-state index is 13.8. The van der Waals surface area contributed by atoms with Crippen LogP contribution >= 0.6 is 58.2 Å². The van der Waals surface area contributed by atoms with Crippen LogP contribution in [-0.2, 0) is 28.3 Å². The van der Waals surface area contributed by atoms with Crippen molar-refractivity contribution in [2.45, 2.75) is 56.5 Å². The number of carbonyl (C=O) groups is 2. The Kier molecular flexibility index (Phi) is 11.3. The molecule has 206 valence electrons. The molecule has 3 aromatic carbocycles. The normalized spacial score (nSPS) is 14.3. The van der Waals surface area contributed by atoms with E-state index in [-0.39, 0.29) is 30.2 Å². The molecule has 9 heteroatoms. The number of nitrogens with one attached hydrogen (secondary N) is 1. The zero-order valence-corrected chi connectivity index (χ0v) is 25.2. The smallest absolute Gasteiger partial charge is 0.243 e. The summed E-state index contributed by atoms with van der Waals surface area (Å²) < 4.78 is 0. The van der Waals surface area contributed by atoms with Gasteiger partial charge in [0.1, 0.15) is 6.04 Å². The summed E-state index contributed by atoms with van der Waals surface area (Å²) in [5.41, 5.74) is 2.76. The molecule has 4 nitrogen and oxygen atoms in total. The second-order valence-corrected chi connectivity index (χ2v) is 12.3. The lowest BCUT2D eigenvalue weighted by molar-refractivity contribution is -0.139. The molecule has 1 saturated carbocycles. The van der Waals surface area contributed by atoms with Crippen LogP contribution in [0.1, 0.15) is 42.4 Å². The van der Waals surface area contributed by atoms with Gasteiger partial charge in [0.05, 0.1) is 25.8 Å². The first-order chi connectivity index (χ1) is 18.8. The van der Waals surface area contributed by atoms with Gasteiger partial charge in [0, 0.05) is 24.8 Å². The van der Waals surface area contributed by atoms with Gasteiger partial charge in [-0.1, -0.05) is 102 Å². The van der Waals surface area contributed by atoms with E-state index in [1.807, 2.05) is 48.5 Å². The van der Waals surface area contributed by atoms with Gasteiger partial charge in [-0.05, 0) is 53.8 Å². The fraction of sp³-hybridized carbons (Fsp3) is 0.333. The second-order valence-electron chi connectivity index (χ2n) is 9.71. The van der Waals surface area contributed by atoms with Crippen molar-refractivity contribution in [3.05, 3.63) is 104 Å². The average Bonchev–Trinajstić information content (AvgIpc) is 3.43. The molecule has 1 aliphatic carbocycles. The molecule has 0 heterocycles. The van der Waals surface area contributed by atoms with Crippen molar-refractivity contribution in [1.29, 1.82) is 0 Å². The van der Waals surface area contributed by atoms with Gasteiger partial charge in [-0.3, -0.25) is 9.59 Å². The van der Waals surface area contributed by atoms with Gasteiger partial charge in [0.15, 0.2) is 0 Å². The summed E-state index contributed by atoms with van der Waals surface area (Å²) in [5, 5.41) is 5.04. The van der Waals surface area contributed by atoms with Crippen molar-refractivity contribution >= 4 is 70.0 Å². The molecule has 0 aliphatic heterocycles. The molecule has 0 aromatic heterocycles. The zero-order chi connectivity index (χ0) is 27.8. The van der Waals surface area contributed by atoms with Gasteiger partial charge in [-0.2, -0.15) is 0 Å². The van der Waals surface area contributed by atoms with Crippen LogP contribution < -0.4 is 5.32 Å². The van der Waals surface area contributed by atoms with E-state index in [0.717, 1.165) is 42.4 Å². The summed E-state index contributed by atoms with van der Waals surface area (Å²) >= 11 is 26.1. The fourth-order valence-corrected chi connectivity index (χ4v) is 6.22. The Bertz CT molecular complexity index is 1290. The highest BCUT2D eigenvalue weighted by Gasteiger charge is 2.32. The number of carbonyl (C=O) groups excluding carboxylic acids is 2. The SMILES string of the molecule is O=C(NC1CCCC1)C(Cc1ccccc1)N(Cc1ccc(Cl)c(Cl)c1)C(=O)CSCc1ccc(Cl)c(Cl)c1. The van der Waals surface area contributed by atoms with E-state index in [9.17, 15) is 9.59 Å². The first-order valence-electron chi connectivity index (χ1n) is 12.9. The quantitative estimate of drug-likeness (QED) is 0.234. The Labute approximate surface area is 254 Å². The lowest BCUT2D eigenvalue weighted by atomic mass is 10.0. The second kappa shape index (κ2) is 14.7. The van der Waals surface area contributed by atoms with E-state index >= 15 is 0 Å². The molecule has 3 aromatic rings. The Morgan fingerprint density at radius 2 is 1.44 bits per heavy atom. The molecule has 0 saturated heterocycles. The largest absolute Gasteiger partial charge is 0.352 e. The molecular weight excluding hydrogens is 594 g/mol. The lowest BCUT2D eigenvalue weighted by Crippen LogP contribution is -2.52. The average molecular weight is 624 g/mol. The molecular formula is C30H30Cl4N2O2S. The number of amides is 2. The molecule has 0 bridgehead atoms. The van der Waals surface area contributed by atoms with Gasteiger partial charge in [0.25, 0.3) is 0 Å². The van der Waals surface area contributed by atoms with Gasteiger partial charge in [0.2, 0.25) is 11.8 Å². The minimum absolute atomic E-state index is 0.131. The maximum Gasteiger partial charge on any atom is 0.243 e. The topological polar surface area (TPSA) is 49.4 Å². The van der Waals surface area contributed by atoms with Gasteiger partial charge >= 0.3 is 0 Å². The summed E-state index contributed by atoms with van der Waals surface area (Å²) in [7, 11) is 0. The number of hydrogen-bond donors (Lipinski definition) is 1. The molecule has 1 aliphatic rings. The Morgan fingerprint density at radius 1 is 0.821 bits per heavy atom. The molecule has 2 amide bonds. The van der Waals surface area contributed by atoms with Crippen molar-refractivity contribution in [2.24, 2.45) is 0 Å². The molecule has 1 fully saturated rings. The third kappa shape index (κ3) is 8.80. The van der Waals surface area contributed by atoms with E-state index < -0.39 is 6.04 Å². The van der Waals surface area contributed by atoms with E-state index in [1.165, 1.54) is 11.8 Å². The third-order valence-corrected chi connectivity index (χ3v) is 9.25. The Balaban J connectivity index is 1.58. The number of thioether (sulfide) groups is 1. The fourth-order valence-electron chi connectivity index (χ4n) is 4.72. The number of benzene rings is 3. The summed E-state index contributed by atoms with van der Waals surface area (Å²) in [5.74, 6) is 0.520. The van der Waals surface area contributed by atoms with Crippen LogP contribution in [0.15, 0.2) is 66.7 Å². The van der Waals surface area contributed by atoms with Gasteiger partial charge in [-0.25, -0.2) is 0 Å². The van der Waals surface area contributed by atoms with Crippen LogP contribution in [0.3, 0.4) is 0 Å². The third-order valence-electron chi connectivity index (χ3n) is 6.79. The summed E-state index contributed by atoms with van der Waals surface area (Å²) in [6, 6.07) is 20.0. The van der Waals surface area contributed by atoms with Crippen LogP contribution in [0.2, 0.25) is 20.1 Å². The highest BCUT2D eigenvalue weighted by atomic mass is 35.5. The molecule has 39 heavy (non-hydrogen) atoms. The Morgan fingerprint density at radius 3 is 2.08 bits per heavy atom. The van der Waals surface area contributed by atoms with Crippen molar-refractivity contribution in [2.75, 3.05) is 5.75 Å². The summed E-state index contributed by atoms with van der Waals surface area (Å²) in [6.45, 7) is 0.235. The van der Waals surface area contributed by atoms with E-state index in [1.54, 1.807) is 23.1 Å². The monoisotopic (exact) mass is 622 g/mol. The van der Waals surface area contributed by atoms with Crippen LogP contribution in [0.25, 0.3) is 0 Å². The van der Waals surface area contributed by atoms with Crippen LogP contribution in [0.4, 0.5) is 0 Å². The number of hydrogen-bond acceptors (Lipinski definition) is 3. The van der Waals surface area contributed by atoms with Crippen LogP contribution in [0, 0.1) is 0 Å².